The van der Waals surface area contributed by atoms with Crippen LogP contribution in [0.4, 0.5) is 5.69 Å². The summed E-state index contributed by atoms with van der Waals surface area (Å²) in [5, 5.41) is 2.96. The molecule has 0 saturated heterocycles. The van der Waals surface area contributed by atoms with Gasteiger partial charge in [0.25, 0.3) is 5.91 Å². The number of carbonyl (C=O) groups excluding carboxylic acids is 1. The lowest BCUT2D eigenvalue weighted by Crippen LogP contribution is -2.46. The van der Waals surface area contributed by atoms with Crippen LogP contribution >= 0.6 is 0 Å². The van der Waals surface area contributed by atoms with Crippen molar-refractivity contribution in [3.63, 3.8) is 0 Å². The third kappa shape index (κ3) is 3.75. The highest BCUT2D eigenvalue weighted by atomic mass is 16.1. The molecular formula is C13H21N3O. The number of nitrogens with zero attached hydrogens (tertiary/aromatic N) is 1. The van der Waals surface area contributed by atoms with Crippen molar-refractivity contribution in [3.05, 3.63) is 29.8 Å². The van der Waals surface area contributed by atoms with Gasteiger partial charge < -0.3 is 11.1 Å². The van der Waals surface area contributed by atoms with E-state index in [0.717, 1.165) is 13.1 Å². The van der Waals surface area contributed by atoms with Crippen LogP contribution in [-0.4, -0.2) is 30.1 Å². The average molecular weight is 235 g/mol. The minimum Gasteiger partial charge on any atom is -0.399 e. The summed E-state index contributed by atoms with van der Waals surface area (Å²) in [4.78, 5) is 14.1. The second-order valence-corrected chi connectivity index (χ2v) is 3.99. The zero-order valence-corrected chi connectivity index (χ0v) is 10.7. The summed E-state index contributed by atoms with van der Waals surface area (Å²) >= 11 is 0. The van der Waals surface area contributed by atoms with Gasteiger partial charge in [0.15, 0.2) is 0 Å². The first-order chi connectivity index (χ1) is 8.08. The van der Waals surface area contributed by atoms with Gasteiger partial charge in [-0.3, -0.25) is 9.69 Å². The van der Waals surface area contributed by atoms with Crippen molar-refractivity contribution in [1.29, 1.82) is 0 Å². The summed E-state index contributed by atoms with van der Waals surface area (Å²) in [6.45, 7) is 7.98. The van der Waals surface area contributed by atoms with Crippen molar-refractivity contribution in [2.45, 2.75) is 26.9 Å². The van der Waals surface area contributed by atoms with Crippen molar-refractivity contribution < 1.29 is 4.79 Å². The summed E-state index contributed by atoms with van der Waals surface area (Å²) < 4.78 is 0. The van der Waals surface area contributed by atoms with Crippen LogP contribution < -0.4 is 11.1 Å². The lowest BCUT2D eigenvalue weighted by atomic mass is 10.2. The number of benzene rings is 1. The Bertz CT molecular complexity index is 357. The highest BCUT2D eigenvalue weighted by Crippen LogP contribution is 2.06. The highest BCUT2D eigenvalue weighted by Gasteiger charge is 2.13. The van der Waals surface area contributed by atoms with Gasteiger partial charge in [-0.25, -0.2) is 0 Å². The SMILES string of the molecule is CCN(CC)C(C)NC(=O)c1ccc(N)cc1. The van der Waals surface area contributed by atoms with Gasteiger partial charge >= 0.3 is 0 Å². The van der Waals surface area contributed by atoms with Crippen LogP contribution in [0.2, 0.25) is 0 Å². The average Bonchev–Trinajstić information content (AvgIpc) is 2.31. The number of hydrogen-bond donors (Lipinski definition) is 2. The molecule has 1 rings (SSSR count). The van der Waals surface area contributed by atoms with Crippen LogP contribution in [0, 0.1) is 0 Å². The van der Waals surface area contributed by atoms with E-state index in [-0.39, 0.29) is 12.1 Å². The van der Waals surface area contributed by atoms with Crippen molar-refractivity contribution in [1.82, 2.24) is 10.2 Å². The molecule has 0 aliphatic rings. The van der Waals surface area contributed by atoms with Gasteiger partial charge in [-0.1, -0.05) is 13.8 Å². The molecule has 0 radical (unpaired) electrons. The second kappa shape index (κ2) is 6.25. The number of amides is 1. The molecule has 0 aliphatic heterocycles. The Kier molecular flexibility index (Phi) is 4.97. The van der Waals surface area contributed by atoms with E-state index < -0.39 is 0 Å². The Labute approximate surface area is 103 Å². The Balaban J connectivity index is 2.62. The summed E-state index contributed by atoms with van der Waals surface area (Å²) in [5.74, 6) is -0.0654. The number of carbonyl (C=O) groups is 1. The van der Waals surface area contributed by atoms with Crippen molar-refractivity contribution >= 4 is 11.6 Å². The first kappa shape index (κ1) is 13.5. The molecule has 0 fully saturated rings. The number of nitrogen functional groups attached to an aromatic ring is 1. The number of nitrogens with two attached hydrogens (primary N) is 1. The largest absolute Gasteiger partial charge is 0.399 e. The van der Waals surface area contributed by atoms with Crippen molar-refractivity contribution in [2.75, 3.05) is 18.8 Å². The normalized spacial score (nSPS) is 12.5. The third-order valence-corrected chi connectivity index (χ3v) is 2.87. The molecule has 1 aromatic carbocycles. The molecule has 1 atom stereocenters. The molecule has 0 bridgehead atoms. The Hall–Kier alpha value is -1.55. The topological polar surface area (TPSA) is 58.4 Å². The Morgan fingerprint density at radius 2 is 1.82 bits per heavy atom. The van der Waals surface area contributed by atoms with Gasteiger partial charge in [0.1, 0.15) is 0 Å². The predicted octanol–water partition coefficient (Wildman–Crippen LogP) is 1.69. The lowest BCUT2D eigenvalue weighted by molar-refractivity contribution is 0.0875. The Morgan fingerprint density at radius 1 is 1.29 bits per heavy atom. The predicted molar refractivity (Wildman–Crippen MR) is 70.7 cm³/mol. The van der Waals surface area contributed by atoms with Gasteiger partial charge in [-0.15, -0.1) is 0 Å². The van der Waals surface area contributed by atoms with Gasteiger partial charge in [0.2, 0.25) is 0 Å². The number of hydrogen-bond acceptors (Lipinski definition) is 3. The fraction of sp³-hybridized carbons (Fsp3) is 0.462. The molecule has 4 nitrogen and oxygen atoms in total. The van der Waals surface area contributed by atoms with E-state index in [2.05, 4.69) is 24.1 Å². The zero-order chi connectivity index (χ0) is 12.8. The Morgan fingerprint density at radius 3 is 2.29 bits per heavy atom. The van der Waals surface area contributed by atoms with Crippen molar-refractivity contribution in [3.8, 4) is 0 Å². The number of rotatable bonds is 5. The van der Waals surface area contributed by atoms with Crippen LogP contribution in [0.25, 0.3) is 0 Å². The maximum absolute atomic E-state index is 11.9. The van der Waals surface area contributed by atoms with E-state index in [1.54, 1.807) is 24.3 Å². The van der Waals surface area contributed by atoms with Gasteiger partial charge in [0, 0.05) is 11.3 Å². The first-order valence-electron chi connectivity index (χ1n) is 5.99. The zero-order valence-electron chi connectivity index (χ0n) is 10.7. The molecular weight excluding hydrogens is 214 g/mol. The van der Waals surface area contributed by atoms with Crippen LogP contribution in [0.3, 0.4) is 0 Å². The standard InChI is InChI=1S/C13H21N3O/c1-4-16(5-2)10(3)15-13(17)11-6-8-12(14)9-7-11/h6-10H,4-5,14H2,1-3H3,(H,15,17). The molecule has 17 heavy (non-hydrogen) atoms. The van der Waals surface area contributed by atoms with E-state index >= 15 is 0 Å². The van der Waals surface area contributed by atoms with E-state index in [0.29, 0.717) is 11.3 Å². The fourth-order valence-corrected chi connectivity index (χ4v) is 1.77. The monoisotopic (exact) mass is 235 g/mol. The molecule has 0 aromatic heterocycles. The minimum atomic E-state index is -0.0654. The maximum atomic E-state index is 11.9. The molecule has 4 heteroatoms. The molecule has 1 amide bonds. The lowest BCUT2D eigenvalue weighted by Gasteiger charge is -2.27. The molecule has 94 valence electrons. The minimum absolute atomic E-state index is 0.0371. The second-order valence-electron chi connectivity index (χ2n) is 3.99. The van der Waals surface area contributed by atoms with Crippen LogP contribution in [0.5, 0.6) is 0 Å². The summed E-state index contributed by atoms with van der Waals surface area (Å²) in [6.07, 6.45) is 0.0371. The number of nitrogens with one attached hydrogen (secondary N) is 1. The van der Waals surface area contributed by atoms with E-state index in [1.807, 2.05) is 6.92 Å². The van der Waals surface area contributed by atoms with Gasteiger partial charge in [-0.2, -0.15) is 0 Å². The molecule has 0 aliphatic carbocycles. The fourth-order valence-electron chi connectivity index (χ4n) is 1.77. The number of anilines is 1. The molecule has 3 N–H and O–H groups in total. The highest BCUT2D eigenvalue weighted by molar-refractivity contribution is 5.94. The quantitative estimate of drug-likeness (QED) is 0.603. The molecule has 0 heterocycles. The van der Waals surface area contributed by atoms with Crippen LogP contribution in [0.1, 0.15) is 31.1 Å². The van der Waals surface area contributed by atoms with Gasteiger partial charge in [0.05, 0.1) is 6.17 Å². The molecule has 1 unspecified atom stereocenters. The van der Waals surface area contributed by atoms with Gasteiger partial charge in [-0.05, 0) is 44.3 Å². The van der Waals surface area contributed by atoms with E-state index in [1.165, 1.54) is 0 Å². The maximum Gasteiger partial charge on any atom is 0.252 e. The molecule has 0 spiro atoms. The van der Waals surface area contributed by atoms with Crippen molar-refractivity contribution in [2.24, 2.45) is 0 Å². The summed E-state index contributed by atoms with van der Waals surface area (Å²) in [5.41, 5.74) is 6.88. The van der Waals surface area contributed by atoms with Crippen LogP contribution in [0.15, 0.2) is 24.3 Å². The first-order valence-corrected chi connectivity index (χ1v) is 5.99. The van der Waals surface area contributed by atoms with E-state index in [4.69, 9.17) is 5.73 Å². The smallest absolute Gasteiger partial charge is 0.252 e. The summed E-state index contributed by atoms with van der Waals surface area (Å²) in [6, 6.07) is 6.94. The van der Waals surface area contributed by atoms with E-state index in [9.17, 15) is 4.79 Å². The molecule has 1 aromatic rings. The van der Waals surface area contributed by atoms with Crippen LogP contribution in [-0.2, 0) is 0 Å². The summed E-state index contributed by atoms with van der Waals surface area (Å²) in [7, 11) is 0. The molecule has 0 saturated carbocycles. The third-order valence-electron chi connectivity index (χ3n) is 2.87.